The van der Waals surface area contributed by atoms with Crippen LogP contribution in [0.25, 0.3) is 0 Å². The van der Waals surface area contributed by atoms with E-state index in [2.05, 4.69) is 19.3 Å². The summed E-state index contributed by atoms with van der Waals surface area (Å²) in [6.45, 7) is 4.24. The van der Waals surface area contributed by atoms with Crippen LogP contribution in [0.3, 0.4) is 0 Å². The van der Waals surface area contributed by atoms with Gasteiger partial charge in [0.2, 0.25) is 0 Å². The molecular formula is C2H3B2S. The molecule has 0 aromatic carbocycles. The molecule has 0 saturated carbocycles. The minimum absolute atomic E-state index is 1.18. The molecule has 1 aliphatic heterocycles. The van der Waals surface area contributed by atoms with Gasteiger partial charge in [-0.15, -0.1) is 0 Å². The van der Waals surface area contributed by atoms with Crippen molar-refractivity contribution < 1.29 is 0 Å². The van der Waals surface area contributed by atoms with E-state index in [9.17, 15) is 0 Å². The van der Waals surface area contributed by atoms with Crippen molar-refractivity contribution in [3.05, 3.63) is 0 Å². The van der Waals surface area contributed by atoms with Crippen LogP contribution in [0.15, 0.2) is 0 Å². The maximum atomic E-state index is 2.14. The van der Waals surface area contributed by atoms with Gasteiger partial charge in [-0.25, -0.2) is 0 Å². The molecule has 0 bridgehead atoms. The first kappa shape index (κ1) is 3.54. The van der Waals surface area contributed by atoms with Crippen LogP contribution in [0.5, 0.6) is 0 Å². The molecule has 0 aliphatic carbocycles. The first-order valence-corrected chi connectivity index (χ1v) is 2.65. The second-order valence-electron chi connectivity index (χ2n) is 0.898. The molecule has 0 N–H and O–H groups in total. The Kier molecular flexibility index (Phi) is 1.21. The first-order valence-electron chi connectivity index (χ1n) is 1.60. The predicted molar refractivity (Wildman–Crippen MR) is 30.0 cm³/mol. The van der Waals surface area contributed by atoms with Crippen molar-refractivity contribution >= 4 is 31.0 Å². The molecule has 1 rings (SSSR count). The molecule has 1 aliphatic rings. The van der Waals surface area contributed by atoms with Crippen molar-refractivity contribution in [2.24, 2.45) is 0 Å². The Morgan fingerprint density at radius 1 is 1.80 bits per heavy atom. The molecule has 0 unspecified atom stereocenters. The Bertz CT molecular complexity index is 45.6. The van der Waals surface area contributed by atoms with E-state index < -0.39 is 0 Å². The number of hydrogen-bond donors (Lipinski definition) is 0. The van der Waals surface area contributed by atoms with Gasteiger partial charge < -0.3 is 0 Å². The first-order chi connectivity index (χ1) is 2.50. The van der Waals surface area contributed by atoms with E-state index in [0.29, 0.717) is 0 Å². The molecule has 0 fully saturated rings. The third-order valence-corrected chi connectivity index (χ3v) is 1.24. The monoisotopic (exact) mass is 81.0 g/mol. The molecule has 0 saturated heterocycles. The zero-order valence-corrected chi connectivity index (χ0v) is 3.66. The van der Waals surface area contributed by atoms with E-state index >= 15 is 0 Å². The van der Waals surface area contributed by atoms with Crippen LogP contribution in [0.2, 0.25) is 0 Å². The van der Waals surface area contributed by atoms with Crippen LogP contribution in [-0.4, -0.2) is 25.0 Å². The fourth-order valence-electron chi connectivity index (χ4n) is 0.278. The van der Waals surface area contributed by atoms with Gasteiger partial charge in [-0.1, -0.05) is 0 Å². The van der Waals surface area contributed by atoms with E-state index in [1.54, 1.807) is 0 Å². The van der Waals surface area contributed by atoms with Gasteiger partial charge in [-0.05, 0) is 0 Å². The van der Waals surface area contributed by atoms with Crippen LogP contribution in [0.1, 0.15) is 0 Å². The SMILES string of the molecule is [B]1C=BCS1. The van der Waals surface area contributed by atoms with Gasteiger partial charge >= 0.3 is 36.6 Å². The van der Waals surface area contributed by atoms with Crippen molar-refractivity contribution in [1.82, 2.24) is 0 Å². The Morgan fingerprint density at radius 3 is 3.00 bits per heavy atom. The molecule has 23 valence electrons. The predicted octanol–water partition coefficient (Wildman–Crippen LogP) is -0.226. The molecule has 1 heterocycles. The molecular weight excluding hydrogens is 77.7 g/mol. The average molecular weight is 80.7 g/mol. The molecule has 0 amide bonds. The van der Waals surface area contributed by atoms with E-state index in [0.717, 1.165) is 0 Å². The van der Waals surface area contributed by atoms with Crippen molar-refractivity contribution in [1.29, 1.82) is 0 Å². The second kappa shape index (κ2) is 1.71. The summed E-state index contributed by atoms with van der Waals surface area (Å²) in [5.41, 5.74) is 1.18. The summed E-state index contributed by atoms with van der Waals surface area (Å²) in [5, 5.41) is 0. The fraction of sp³-hybridized carbons (Fsp3) is 0.500. The minimum atomic E-state index is 1.18. The van der Waals surface area contributed by atoms with Gasteiger partial charge in [-0.2, -0.15) is 0 Å². The van der Waals surface area contributed by atoms with Crippen LogP contribution in [-0.2, 0) is 0 Å². The van der Waals surface area contributed by atoms with Crippen molar-refractivity contribution in [2.45, 2.75) is 0 Å². The van der Waals surface area contributed by atoms with E-state index in [-0.39, 0.29) is 0 Å². The van der Waals surface area contributed by atoms with Gasteiger partial charge in [-0.3, -0.25) is 0 Å². The Hall–Kier alpha value is 0.350. The van der Waals surface area contributed by atoms with E-state index in [1.165, 1.54) is 5.65 Å². The van der Waals surface area contributed by atoms with Crippen molar-refractivity contribution in [3.63, 3.8) is 0 Å². The van der Waals surface area contributed by atoms with Crippen LogP contribution in [0.4, 0.5) is 0 Å². The maximum absolute atomic E-state index is 2.14. The van der Waals surface area contributed by atoms with Gasteiger partial charge in [0.05, 0.1) is 0 Å². The molecule has 3 heteroatoms. The standard InChI is InChI=1S/C2H3B2S/c1-3-2-5-4-1/h1H,2H2. The molecule has 0 aromatic heterocycles. The van der Waals surface area contributed by atoms with Crippen LogP contribution < -0.4 is 0 Å². The molecule has 5 heavy (non-hydrogen) atoms. The molecule has 0 spiro atoms. The van der Waals surface area contributed by atoms with Gasteiger partial charge in [0, 0.05) is 0 Å². The molecule has 0 atom stereocenters. The average Bonchev–Trinajstić information content (AvgIpc) is 1.76. The van der Waals surface area contributed by atoms with Crippen LogP contribution >= 0.6 is 11.6 Å². The Balaban J connectivity index is 2.32. The quantitative estimate of drug-likeness (QED) is 0.363. The Morgan fingerprint density at radius 2 is 2.80 bits per heavy atom. The van der Waals surface area contributed by atoms with Gasteiger partial charge in [0.15, 0.2) is 0 Å². The summed E-state index contributed by atoms with van der Waals surface area (Å²) in [4.78, 5) is 0. The third kappa shape index (κ3) is 0.839. The normalized spacial score (nSPS) is 17.6. The Labute approximate surface area is 37.4 Å². The molecule has 0 aromatic rings. The summed E-state index contributed by atoms with van der Waals surface area (Å²) in [5.74, 6) is 2.07. The molecule has 0 nitrogen and oxygen atoms in total. The van der Waals surface area contributed by atoms with Gasteiger partial charge in [0.25, 0.3) is 0 Å². The second-order valence-corrected chi connectivity index (χ2v) is 1.84. The summed E-state index contributed by atoms with van der Waals surface area (Å²) in [7, 11) is 0. The summed E-state index contributed by atoms with van der Waals surface area (Å²) < 4.78 is 0. The van der Waals surface area contributed by atoms with Crippen molar-refractivity contribution in [2.75, 3.05) is 5.65 Å². The summed E-state index contributed by atoms with van der Waals surface area (Å²) >= 11 is 1.84. The van der Waals surface area contributed by atoms with Crippen LogP contribution in [0, 0.1) is 0 Å². The number of rotatable bonds is 0. The summed E-state index contributed by atoms with van der Waals surface area (Å²) in [6.07, 6.45) is 0. The number of hydrogen-bond acceptors (Lipinski definition) is 1. The zero-order valence-electron chi connectivity index (χ0n) is 2.85. The summed E-state index contributed by atoms with van der Waals surface area (Å²) in [6, 6.07) is 0. The third-order valence-electron chi connectivity index (χ3n) is 0.503. The van der Waals surface area contributed by atoms with E-state index in [1.807, 2.05) is 11.6 Å². The topological polar surface area (TPSA) is 0 Å². The van der Waals surface area contributed by atoms with Gasteiger partial charge in [0.1, 0.15) is 0 Å². The van der Waals surface area contributed by atoms with Crippen molar-refractivity contribution in [3.8, 4) is 0 Å². The molecule has 1 radical (unpaired) electrons. The van der Waals surface area contributed by atoms with E-state index in [4.69, 9.17) is 0 Å². The fourth-order valence-corrected chi connectivity index (χ4v) is 0.833. The zero-order chi connectivity index (χ0) is 3.54.